The van der Waals surface area contributed by atoms with Gasteiger partial charge in [0.2, 0.25) is 0 Å². The van der Waals surface area contributed by atoms with Crippen molar-refractivity contribution in [2.24, 2.45) is 0 Å². The Morgan fingerprint density at radius 2 is 2.27 bits per heavy atom. The van der Waals surface area contributed by atoms with E-state index in [1.807, 2.05) is 0 Å². The topological polar surface area (TPSA) is 86.6 Å². The number of amides is 1. The highest BCUT2D eigenvalue weighted by atomic mass is 79.9. The number of thiophene rings is 1. The molecule has 0 unspecified atom stereocenters. The van der Waals surface area contributed by atoms with Crippen molar-refractivity contribution in [2.75, 3.05) is 6.61 Å². The number of carboxylic acid groups (broad SMARTS) is 1. The zero-order valence-corrected chi connectivity index (χ0v) is 9.84. The van der Waals surface area contributed by atoms with Gasteiger partial charge in [0.1, 0.15) is 0 Å². The van der Waals surface area contributed by atoms with Crippen LogP contribution in [-0.2, 0) is 4.79 Å². The fourth-order valence-electron chi connectivity index (χ4n) is 0.856. The molecule has 5 nitrogen and oxygen atoms in total. The van der Waals surface area contributed by atoms with Crippen LogP contribution in [0.1, 0.15) is 10.4 Å². The summed E-state index contributed by atoms with van der Waals surface area (Å²) in [5.74, 6) is -1.78. The Labute approximate surface area is 97.9 Å². The average molecular weight is 294 g/mol. The number of rotatable bonds is 4. The maximum atomic E-state index is 11.4. The zero-order valence-electron chi connectivity index (χ0n) is 7.44. The Bertz CT molecular complexity index is 378. The van der Waals surface area contributed by atoms with E-state index in [2.05, 4.69) is 21.2 Å². The molecule has 0 fully saturated rings. The van der Waals surface area contributed by atoms with Crippen molar-refractivity contribution in [3.05, 3.63) is 20.8 Å². The number of aliphatic hydroxyl groups excluding tert-OH is 1. The molecule has 1 rings (SSSR count). The van der Waals surface area contributed by atoms with Crippen molar-refractivity contribution in [1.29, 1.82) is 0 Å². The van der Waals surface area contributed by atoms with E-state index in [1.54, 1.807) is 11.4 Å². The molecular formula is C8H8BrNO4S. The smallest absolute Gasteiger partial charge is 0.328 e. The SMILES string of the molecule is O=C(N[C@@H](CO)C(=O)O)c1csc(Br)c1. The van der Waals surface area contributed by atoms with Crippen LogP contribution in [0.15, 0.2) is 15.2 Å². The first-order valence-corrected chi connectivity index (χ1v) is 5.60. The number of carbonyl (C=O) groups is 2. The van der Waals surface area contributed by atoms with Crippen molar-refractivity contribution in [2.45, 2.75) is 6.04 Å². The molecule has 3 N–H and O–H groups in total. The summed E-state index contributed by atoms with van der Waals surface area (Å²) < 4.78 is 0.781. The van der Waals surface area contributed by atoms with Crippen LogP contribution in [0.2, 0.25) is 0 Å². The van der Waals surface area contributed by atoms with E-state index in [0.717, 1.165) is 3.79 Å². The molecule has 1 aromatic heterocycles. The molecule has 0 aliphatic rings. The summed E-state index contributed by atoms with van der Waals surface area (Å²) in [6, 6.07) is 0.312. The van der Waals surface area contributed by atoms with Crippen LogP contribution >= 0.6 is 27.3 Å². The van der Waals surface area contributed by atoms with E-state index in [9.17, 15) is 9.59 Å². The number of aliphatic carboxylic acids is 1. The number of nitrogens with one attached hydrogen (secondary N) is 1. The Kier molecular flexibility index (Phi) is 4.25. The van der Waals surface area contributed by atoms with E-state index in [4.69, 9.17) is 10.2 Å². The highest BCUT2D eigenvalue weighted by molar-refractivity contribution is 9.11. The molecule has 0 radical (unpaired) electrons. The van der Waals surface area contributed by atoms with Gasteiger partial charge < -0.3 is 15.5 Å². The van der Waals surface area contributed by atoms with Gasteiger partial charge >= 0.3 is 5.97 Å². The molecule has 0 spiro atoms. The molecule has 0 saturated carbocycles. The number of carbonyl (C=O) groups excluding carboxylic acids is 1. The average Bonchev–Trinajstić information content (AvgIpc) is 2.60. The molecule has 0 aromatic carbocycles. The Balaban J connectivity index is 2.66. The van der Waals surface area contributed by atoms with E-state index in [0.29, 0.717) is 5.56 Å². The molecule has 82 valence electrons. The second-order valence-electron chi connectivity index (χ2n) is 2.69. The van der Waals surface area contributed by atoms with Gasteiger partial charge in [0.15, 0.2) is 6.04 Å². The number of hydrogen-bond donors (Lipinski definition) is 3. The van der Waals surface area contributed by atoms with Crippen LogP contribution in [0.5, 0.6) is 0 Å². The number of halogens is 1. The summed E-state index contributed by atoms with van der Waals surface area (Å²) in [6.45, 7) is -0.633. The summed E-state index contributed by atoms with van der Waals surface area (Å²) in [7, 11) is 0. The minimum atomic E-state index is -1.27. The molecule has 1 heterocycles. The first-order chi connectivity index (χ1) is 7.04. The summed E-state index contributed by atoms with van der Waals surface area (Å²) in [5, 5.41) is 21.1. The number of hydrogen-bond acceptors (Lipinski definition) is 4. The fourth-order valence-corrected chi connectivity index (χ4v) is 1.99. The monoisotopic (exact) mass is 293 g/mol. The van der Waals surface area contributed by atoms with Gasteiger partial charge in [0, 0.05) is 5.38 Å². The van der Waals surface area contributed by atoms with E-state index in [-0.39, 0.29) is 0 Å². The van der Waals surface area contributed by atoms with Gasteiger partial charge in [-0.15, -0.1) is 11.3 Å². The summed E-state index contributed by atoms with van der Waals surface area (Å²) in [4.78, 5) is 22.0. The maximum Gasteiger partial charge on any atom is 0.328 e. The van der Waals surface area contributed by atoms with Gasteiger partial charge in [0.25, 0.3) is 5.91 Å². The lowest BCUT2D eigenvalue weighted by atomic mass is 10.2. The molecule has 0 bridgehead atoms. The van der Waals surface area contributed by atoms with Gasteiger partial charge in [-0.1, -0.05) is 0 Å². The van der Waals surface area contributed by atoms with Crippen LogP contribution in [0.3, 0.4) is 0 Å². The molecule has 0 aliphatic carbocycles. The third-order valence-electron chi connectivity index (χ3n) is 1.62. The van der Waals surface area contributed by atoms with E-state index < -0.39 is 24.5 Å². The van der Waals surface area contributed by atoms with Crippen LogP contribution < -0.4 is 5.32 Å². The first-order valence-electron chi connectivity index (χ1n) is 3.93. The predicted molar refractivity (Wildman–Crippen MR) is 58.0 cm³/mol. The third kappa shape index (κ3) is 3.29. The highest BCUT2D eigenvalue weighted by Crippen LogP contribution is 2.20. The Morgan fingerprint density at radius 1 is 1.60 bits per heavy atom. The zero-order chi connectivity index (χ0) is 11.4. The van der Waals surface area contributed by atoms with Crippen molar-refractivity contribution < 1.29 is 19.8 Å². The molecule has 0 saturated heterocycles. The lowest BCUT2D eigenvalue weighted by molar-refractivity contribution is -0.140. The highest BCUT2D eigenvalue weighted by Gasteiger charge is 2.19. The third-order valence-corrected chi connectivity index (χ3v) is 3.12. The van der Waals surface area contributed by atoms with E-state index >= 15 is 0 Å². The second-order valence-corrected chi connectivity index (χ2v) is 4.98. The van der Waals surface area contributed by atoms with Crippen molar-refractivity contribution in [3.63, 3.8) is 0 Å². The maximum absolute atomic E-state index is 11.4. The van der Waals surface area contributed by atoms with Crippen LogP contribution in [0, 0.1) is 0 Å². The fraction of sp³-hybridized carbons (Fsp3) is 0.250. The quantitative estimate of drug-likeness (QED) is 0.762. The summed E-state index contributed by atoms with van der Waals surface area (Å²) in [6.07, 6.45) is 0. The molecular weight excluding hydrogens is 286 g/mol. The van der Waals surface area contributed by atoms with Crippen molar-refractivity contribution >= 4 is 39.1 Å². The molecule has 1 aromatic rings. The minimum Gasteiger partial charge on any atom is -0.480 e. The van der Waals surface area contributed by atoms with Gasteiger partial charge in [0.05, 0.1) is 16.0 Å². The predicted octanol–water partition coefficient (Wildman–Crippen LogP) is 0.686. The standard InChI is InChI=1S/C8H8BrNO4S/c9-6-1-4(3-15-6)7(12)10-5(2-11)8(13)14/h1,3,5,11H,2H2,(H,10,12)(H,13,14)/t5-/m0/s1. The van der Waals surface area contributed by atoms with Gasteiger partial charge in [-0.25, -0.2) is 4.79 Å². The van der Waals surface area contributed by atoms with Crippen molar-refractivity contribution in [1.82, 2.24) is 5.32 Å². The Morgan fingerprint density at radius 3 is 2.67 bits per heavy atom. The van der Waals surface area contributed by atoms with E-state index in [1.165, 1.54) is 11.3 Å². The largest absolute Gasteiger partial charge is 0.480 e. The van der Waals surface area contributed by atoms with Crippen LogP contribution in [-0.4, -0.2) is 34.7 Å². The molecule has 1 atom stereocenters. The minimum absolute atomic E-state index is 0.367. The van der Waals surface area contributed by atoms with Gasteiger partial charge in [-0.05, 0) is 22.0 Å². The number of carboxylic acids is 1. The first kappa shape index (κ1) is 12.2. The lowest BCUT2D eigenvalue weighted by Crippen LogP contribution is -2.43. The molecule has 1 amide bonds. The van der Waals surface area contributed by atoms with Crippen LogP contribution in [0.4, 0.5) is 0 Å². The molecule has 15 heavy (non-hydrogen) atoms. The second kappa shape index (κ2) is 5.24. The summed E-state index contributed by atoms with van der Waals surface area (Å²) in [5.41, 5.74) is 0.367. The number of aliphatic hydroxyl groups is 1. The van der Waals surface area contributed by atoms with Gasteiger partial charge in [-0.3, -0.25) is 4.79 Å². The summed E-state index contributed by atoms with van der Waals surface area (Å²) >= 11 is 4.51. The Hall–Kier alpha value is -0.920. The normalized spacial score (nSPS) is 12.1. The molecule has 7 heteroatoms. The van der Waals surface area contributed by atoms with Crippen molar-refractivity contribution in [3.8, 4) is 0 Å². The lowest BCUT2D eigenvalue weighted by Gasteiger charge is -2.10. The van der Waals surface area contributed by atoms with Gasteiger partial charge in [-0.2, -0.15) is 0 Å². The van der Waals surface area contributed by atoms with Crippen LogP contribution in [0.25, 0.3) is 0 Å². The molecule has 0 aliphatic heterocycles.